The first-order valence-electron chi connectivity index (χ1n) is 8.67. The van der Waals surface area contributed by atoms with E-state index in [1.165, 1.54) is 5.56 Å². The van der Waals surface area contributed by atoms with Gasteiger partial charge in [0.1, 0.15) is 5.54 Å². The molecule has 0 saturated carbocycles. The Morgan fingerprint density at radius 3 is 2.44 bits per heavy atom. The molecule has 0 radical (unpaired) electrons. The molecule has 1 aliphatic heterocycles. The second kappa shape index (κ2) is 7.09. The molecule has 130 valence electrons. The Morgan fingerprint density at radius 2 is 1.76 bits per heavy atom. The van der Waals surface area contributed by atoms with Crippen LogP contribution in [0.2, 0.25) is 0 Å². The topological polar surface area (TPSA) is 49.4 Å². The number of carbonyl (C=O) groups is 2. The molecule has 2 aromatic rings. The van der Waals surface area contributed by atoms with Crippen LogP contribution in [-0.2, 0) is 22.7 Å². The Bertz CT molecular complexity index is 755. The average molecular weight is 336 g/mol. The van der Waals surface area contributed by atoms with Gasteiger partial charge in [-0.1, -0.05) is 60.2 Å². The lowest BCUT2D eigenvalue weighted by atomic mass is 9.96. The highest BCUT2D eigenvalue weighted by Gasteiger charge is 2.46. The van der Waals surface area contributed by atoms with Gasteiger partial charge >= 0.3 is 0 Å². The van der Waals surface area contributed by atoms with Gasteiger partial charge in [-0.05, 0) is 31.4 Å². The molecule has 3 rings (SSSR count). The molecule has 1 heterocycles. The zero-order valence-corrected chi connectivity index (χ0v) is 14.8. The summed E-state index contributed by atoms with van der Waals surface area (Å²) in [4.78, 5) is 26.9. The minimum Gasteiger partial charge on any atom is -0.350 e. The number of hydrogen-bond donors (Lipinski definition) is 1. The molecule has 4 nitrogen and oxygen atoms in total. The highest BCUT2D eigenvalue weighted by molar-refractivity contribution is 5.94. The van der Waals surface area contributed by atoms with Crippen LogP contribution in [0.5, 0.6) is 0 Å². The molecule has 0 aromatic heterocycles. The summed E-state index contributed by atoms with van der Waals surface area (Å²) in [6, 6.07) is 17.9. The van der Waals surface area contributed by atoms with Gasteiger partial charge in [-0.3, -0.25) is 9.59 Å². The quantitative estimate of drug-likeness (QED) is 0.911. The fraction of sp³-hybridized carbons (Fsp3) is 0.333. The van der Waals surface area contributed by atoms with Crippen molar-refractivity contribution in [3.63, 3.8) is 0 Å². The third-order valence-electron chi connectivity index (χ3n) is 4.97. The molecular formula is C21H24N2O2. The van der Waals surface area contributed by atoms with Crippen LogP contribution in [0.3, 0.4) is 0 Å². The van der Waals surface area contributed by atoms with E-state index < -0.39 is 5.54 Å². The van der Waals surface area contributed by atoms with E-state index in [1.807, 2.05) is 68.4 Å². The van der Waals surface area contributed by atoms with Gasteiger partial charge in [-0.15, -0.1) is 0 Å². The number of hydrogen-bond acceptors (Lipinski definition) is 2. The number of benzene rings is 2. The molecule has 0 spiro atoms. The zero-order valence-electron chi connectivity index (χ0n) is 14.8. The first-order chi connectivity index (χ1) is 12.0. The molecule has 4 heteroatoms. The normalized spacial score (nSPS) is 19.9. The number of nitrogens with zero attached hydrogens (tertiary/aromatic N) is 1. The Hall–Kier alpha value is -2.62. The Kier molecular flexibility index (Phi) is 4.88. The van der Waals surface area contributed by atoms with Crippen LogP contribution in [-0.4, -0.2) is 22.3 Å². The van der Waals surface area contributed by atoms with Gasteiger partial charge in [0.05, 0.1) is 0 Å². The third-order valence-corrected chi connectivity index (χ3v) is 4.97. The smallest absolute Gasteiger partial charge is 0.245 e. The number of rotatable bonds is 5. The van der Waals surface area contributed by atoms with Crippen molar-refractivity contribution in [3.05, 3.63) is 71.3 Å². The van der Waals surface area contributed by atoms with E-state index in [4.69, 9.17) is 0 Å². The number of carbonyl (C=O) groups excluding carboxylic acids is 2. The van der Waals surface area contributed by atoms with Gasteiger partial charge in [-0.2, -0.15) is 0 Å². The molecule has 1 N–H and O–H groups in total. The largest absolute Gasteiger partial charge is 0.350 e. The van der Waals surface area contributed by atoms with Gasteiger partial charge < -0.3 is 10.2 Å². The summed E-state index contributed by atoms with van der Waals surface area (Å²) in [5.41, 5.74) is 2.48. The van der Waals surface area contributed by atoms with Crippen molar-refractivity contribution >= 4 is 11.8 Å². The van der Waals surface area contributed by atoms with Gasteiger partial charge in [-0.25, -0.2) is 0 Å². The Balaban J connectivity index is 1.71. The second-order valence-corrected chi connectivity index (χ2v) is 6.91. The lowest BCUT2D eigenvalue weighted by Crippen LogP contribution is -2.53. The molecule has 0 bridgehead atoms. The van der Waals surface area contributed by atoms with Crippen molar-refractivity contribution < 1.29 is 9.59 Å². The van der Waals surface area contributed by atoms with Crippen molar-refractivity contribution in [2.75, 3.05) is 0 Å². The van der Waals surface area contributed by atoms with Crippen LogP contribution < -0.4 is 5.32 Å². The van der Waals surface area contributed by atoms with Crippen molar-refractivity contribution in [3.8, 4) is 0 Å². The second-order valence-electron chi connectivity index (χ2n) is 6.91. The first kappa shape index (κ1) is 17.2. The lowest BCUT2D eigenvalue weighted by molar-refractivity contribution is -0.141. The maximum Gasteiger partial charge on any atom is 0.245 e. The summed E-state index contributed by atoms with van der Waals surface area (Å²) in [5.74, 6) is -0.0488. The standard InChI is InChI=1S/C21H24N2O2/c1-16-8-10-18(11-9-16)15-23-19(24)12-13-21(23,2)20(25)22-14-17-6-4-3-5-7-17/h3-11H,12-15H2,1-2H3,(H,22,25). The summed E-state index contributed by atoms with van der Waals surface area (Å²) < 4.78 is 0. The van der Waals surface area contributed by atoms with Gasteiger partial charge in [0, 0.05) is 19.5 Å². The van der Waals surface area contributed by atoms with Crippen LogP contribution in [0.4, 0.5) is 0 Å². The monoisotopic (exact) mass is 336 g/mol. The number of aryl methyl sites for hydroxylation is 1. The van der Waals surface area contributed by atoms with Crippen LogP contribution in [0, 0.1) is 6.92 Å². The first-order valence-corrected chi connectivity index (χ1v) is 8.67. The fourth-order valence-electron chi connectivity index (χ4n) is 3.24. The SMILES string of the molecule is Cc1ccc(CN2C(=O)CCC2(C)C(=O)NCc2ccccc2)cc1. The zero-order chi connectivity index (χ0) is 17.9. The van der Waals surface area contributed by atoms with Crippen LogP contribution >= 0.6 is 0 Å². The molecule has 1 saturated heterocycles. The van der Waals surface area contributed by atoms with Gasteiger partial charge in [0.25, 0.3) is 0 Å². The van der Waals surface area contributed by atoms with E-state index in [0.29, 0.717) is 25.9 Å². The summed E-state index contributed by atoms with van der Waals surface area (Å²) in [5, 5.41) is 2.99. The molecule has 25 heavy (non-hydrogen) atoms. The third kappa shape index (κ3) is 3.73. The van der Waals surface area contributed by atoms with E-state index >= 15 is 0 Å². The minimum atomic E-state index is -0.795. The molecule has 2 aromatic carbocycles. The number of nitrogens with one attached hydrogen (secondary N) is 1. The Morgan fingerprint density at radius 1 is 1.08 bits per heavy atom. The number of likely N-dealkylation sites (tertiary alicyclic amines) is 1. The highest BCUT2D eigenvalue weighted by atomic mass is 16.2. The van der Waals surface area contributed by atoms with E-state index in [0.717, 1.165) is 11.1 Å². The lowest BCUT2D eigenvalue weighted by Gasteiger charge is -2.34. The summed E-state index contributed by atoms with van der Waals surface area (Å²) >= 11 is 0. The molecule has 1 fully saturated rings. The fourth-order valence-corrected chi connectivity index (χ4v) is 3.24. The predicted octanol–water partition coefficient (Wildman–Crippen LogP) is 3.19. The maximum absolute atomic E-state index is 12.8. The highest BCUT2D eigenvalue weighted by Crippen LogP contribution is 2.32. The van der Waals surface area contributed by atoms with E-state index in [-0.39, 0.29) is 11.8 Å². The summed E-state index contributed by atoms with van der Waals surface area (Å²) in [6.07, 6.45) is 0.972. The summed E-state index contributed by atoms with van der Waals surface area (Å²) in [7, 11) is 0. The average Bonchev–Trinajstić information content (AvgIpc) is 2.92. The van der Waals surface area contributed by atoms with Crippen LogP contribution in [0.25, 0.3) is 0 Å². The van der Waals surface area contributed by atoms with E-state index in [9.17, 15) is 9.59 Å². The van der Waals surface area contributed by atoms with E-state index in [2.05, 4.69) is 5.32 Å². The molecular weight excluding hydrogens is 312 g/mol. The van der Waals surface area contributed by atoms with Crippen LogP contribution in [0.15, 0.2) is 54.6 Å². The molecule has 1 unspecified atom stereocenters. The van der Waals surface area contributed by atoms with Gasteiger partial charge in [0.15, 0.2) is 0 Å². The van der Waals surface area contributed by atoms with E-state index in [1.54, 1.807) is 4.90 Å². The van der Waals surface area contributed by atoms with Crippen molar-refractivity contribution in [2.45, 2.75) is 45.3 Å². The minimum absolute atomic E-state index is 0.0398. The molecule has 0 aliphatic carbocycles. The summed E-state index contributed by atoms with van der Waals surface area (Å²) in [6.45, 7) is 4.84. The number of amides is 2. The molecule has 2 amide bonds. The Labute approximate surface area is 148 Å². The van der Waals surface area contributed by atoms with Crippen molar-refractivity contribution in [1.29, 1.82) is 0 Å². The van der Waals surface area contributed by atoms with Gasteiger partial charge in [0.2, 0.25) is 11.8 Å². The maximum atomic E-state index is 12.8. The van der Waals surface area contributed by atoms with Crippen molar-refractivity contribution in [2.24, 2.45) is 0 Å². The molecule has 1 atom stereocenters. The van der Waals surface area contributed by atoms with Crippen molar-refractivity contribution in [1.82, 2.24) is 10.2 Å². The molecule has 1 aliphatic rings. The van der Waals surface area contributed by atoms with Crippen LogP contribution in [0.1, 0.15) is 36.5 Å². The predicted molar refractivity (Wildman–Crippen MR) is 97.7 cm³/mol.